The highest BCUT2D eigenvalue weighted by Gasteiger charge is 2.34. The van der Waals surface area contributed by atoms with Crippen molar-refractivity contribution >= 4 is 27.5 Å². The zero-order valence-electron chi connectivity index (χ0n) is 16.4. The summed E-state index contributed by atoms with van der Waals surface area (Å²) in [6.45, 7) is 0.0925. The summed E-state index contributed by atoms with van der Waals surface area (Å²) in [6.07, 6.45) is 0.180. The predicted octanol–water partition coefficient (Wildman–Crippen LogP) is 2.18. The fourth-order valence-electron chi connectivity index (χ4n) is 3.19. The SMILES string of the molecule is COc1ccccc1CN(C)S(=O)(=O)c1ccc(OC)c(N2C(=O)CCC2=O)c1. The van der Waals surface area contributed by atoms with Gasteiger partial charge in [-0.15, -0.1) is 0 Å². The number of methoxy groups -OCH3 is 2. The Labute approximate surface area is 169 Å². The van der Waals surface area contributed by atoms with Gasteiger partial charge in [0.25, 0.3) is 0 Å². The van der Waals surface area contributed by atoms with Gasteiger partial charge in [0.15, 0.2) is 0 Å². The lowest BCUT2D eigenvalue weighted by Gasteiger charge is -2.21. The quantitative estimate of drug-likeness (QED) is 0.640. The second-order valence-electron chi connectivity index (χ2n) is 6.53. The summed E-state index contributed by atoms with van der Waals surface area (Å²) in [5.41, 5.74) is 0.839. The molecule has 2 aromatic carbocycles. The first-order valence-corrected chi connectivity index (χ1v) is 10.4. The lowest BCUT2D eigenvalue weighted by Crippen LogP contribution is -2.30. The summed E-state index contributed by atoms with van der Waals surface area (Å²) in [7, 11) is 0.471. The van der Waals surface area contributed by atoms with E-state index in [9.17, 15) is 18.0 Å². The van der Waals surface area contributed by atoms with Crippen molar-refractivity contribution < 1.29 is 27.5 Å². The minimum Gasteiger partial charge on any atom is -0.496 e. The third-order valence-corrected chi connectivity index (χ3v) is 6.54. The van der Waals surface area contributed by atoms with Gasteiger partial charge in [0.2, 0.25) is 21.8 Å². The highest BCUT2D eigenvalue weighted by atomic mass is 32.2. The average Bonchev–Trinajstić information content (AvgIpc) is 3.05. The first-order chi connectivity index (χ1) is 13.8. The molecule has 2 aromatic rings. The van der Waals surface area contributed by atoms with Crippen LogP contribution in [0.15, 0.2) is 47.4 Å². The number of amides is 2. The largest absolute Gasteiger partial charge is 0.496 e. The molecule has 3 rings (SSSR count). The molecule has 0 aromatic heterocycles. The van der Waals surface area contributed by atoms with E-state index in [0.29, 0.717) is 11.3 Å². The van der Waals surface area contributed by atoms with Crippen LogP contribution in [-0.4, -0.2) is 45.8 Å². The molecule has 1 aliphatic rings. The Kier molecular flexibility index (Phi) is 5.90. The number of hydrogen-bond acceptors (Lipinski definition) is 6. The lowest BCUT2D eigenvalue weighted by molar-refractivity contribution is -0.121. The fourth-order valence-corrected chi connectivity index (χ4v) is 4.36. The molecular weight excluding hydrogens is 396 g/mol. The fraction of sp³-hybridized carbons (Fsp3) is 0.300. The number of sulfonamides is 1. The molecule has 0 bridgehead atoms. The highest BCUT2D eigenvalue weighted by Crippen LogP contribution is 2.35. The summed E-state index contributed by atoms with van der Waals surface area (Å²) in [4.78, 5) is 25.2. The van der Waals surface area contributed by atoms with Crippen molar-refractivity contribution in [3.63, 3.8) is 0 Å². The van der Waals surface area contributed by atoms with Gasteiger partial charge >= 0.3 is 0 Å². The van der Waals surface area contributed by atoms with Crippen molar-refractivity contribution in [2.24, 2.45) is 0 Å². The molecule has 0 N–H and O–H groups in total. The smallest absolute Gasteiger partial charge is 0.243 e. The summed E-state index contributed by atoms with van der Waals surface area (Å²) < 4.78 is 38.0. The topological polar surface area (TPSA) is 93.2 Å². The van der Waals surface area contributed by atoms with E-state index in [2.05, 4.69) is 0 Å². The van der Waals surface area contributed by atoms with E-state index >= 15 is 0 Å². The number of benzene rings is 2. The molecule has 0 saturated carbocycles. The predicted molar refractivity (Wildman–Crippen MR) is 106 cm³/mol. The third-order valence-electron chi connectivity index (χ3n) is 4.74. The minimum atomic E-state index is -3.90. The van der Waals surface area contributed by atoms with Gasteiger partial charge in [-0.05, 0) is 24.3 Å². The van der Waals surface area contributed by atoms with Crippen molar-refractivity contribution in [1.29, 1.82) is 0 Å². The third kappa shape index (κ3) is 3.96. The summed E-state index contributed by atoms with van der Waals surface area (Å²) >= 11 is 0. The number of ether oxygens (including phenoxy) is 2. The van der Waals surface area contributed by atoms with E-state index in [-0.39, 0.29) is 47.5 Å². The van der Waals surface area contributed by atoms with Gasteiger partial charge in [-0.1, -0.05) is 18.2 Å². The van der Waals surface area contributed by atoms with Crippen LogP contribution in [0.5, 0.6) is 11.5 Å². The molecular formula is C20H22N2O6S. The second kappa shape index (κ2) is 8.22. The Morgan fingerprint density at radius 2 is 1.59 bits per heavy atom. The number of nitrogens with zero attached hydrogens (tertiary/aromatic N) is 2. The number of para-hydroxylation sites is 1. The molecule has 154 valence electrons. The van der Waals surface area contributed by atoms with Crippen molar-refractivity contribution in [2.75, 3.05) is 26.2 Å². The van der Waals surface area contributed by atoms with Crippen molar-refractivity contribution in [1.82, 2.24) is 4.31 Å². The maximum Gasteiger partial charge on any atom is 0.243 e. The standard InChI is InChI=1S/C20H22N2O6S/c1-21(13-14-6-4-5-7-17(14)27-2)29(25,26)15-8-9-18(28-3)16(12-15)22-19(23)10-11-20(22)24/h4-9,12H,10-11,13H2,1-3H3. The number of hydrogen-bond donors (Lipinski definition) is 0. The molecule has 0 radical (unpaired) electrons. The van der Waals surface area contributed by atoms with Gasteiger partial charge in [0.1, 0.15) is 11.5 Å². The molecule has 1 saturated heterocycles. The molecule has 1 heterocycles. The summed E-state index contributed by atoms with van der Waals surface area (Å²) in [5, 5.41) is 0. The molecule has 1 aliphatic heterocycles. The molecule has 1 fully saturated rings. The van der Waals surface area contributed by atoms with Crippen LogP contribution < -0.4 is 14.4 Å². The molecule has 0 aliphatic carbocycles. The average molecular weight is 418 g/mol. The maximum atomic E-state index is 13.1. The van der Waals surface area contributed by atoms with Gasteiger partial charge in [-0.2, -0.15) is 4.31 Å². The van der Waals surface area contributed by atoms with Gasteiger partial charge in [0.05, 0.1) is 24.8 Å². The molecule has 9 heteroatoms. The van der Waals surface area contributed by atoms with E-state index in [1.807, 2.05) is 0 Å². The first-order valence-electron chi connectivity index (χ1n) is 8.91. The van der Waals surface area contributed by atoms with E-state index in [0.717, 1.165) is 4.90 Å². The monoisotopic (exact) mass is 418 g/mol. The van der Waals surface area contributed by atoms with Crippen LogP contribution in [0.1, 0.15) is 18.4 Å². The molecule has 0 spiro atoms. The van der Waals surface area contributed by atoms with Crippen LogP contribution in [0.25, 0.3) is 0 Å². The number of carbonyl (C=O) groups is 2. The molecule has 0 unspecified atom stereocenters. The van der Waals surface area contributed by atoms with Gasteiger partial charge in [-0.3, -0.25) is 9.59 Å². The van der Waals surface area contributed by atoms with Crippen molar-refractivity contribution in [2.45, 2.75) is 24.3 Å². The zero-order valence-corrected chi connectivity index (χ0v) is 17.2. The number of rotatable bonds is 7. The van der Waals surface area contributed by atoms with Gasteiger partial charge < -0.3 is 9.47 Å². The summed E-state index contributed by atoms with van der Waals surface area (Å²) in [6, 6.07) is 11.3. The maximum absolute atomic E-state index is 13.1. The number of carbonyl (C=O) groups excluding carboxylic acids is 2. The van der Waals surface area contributed by atoms with Crippen LogP contribution in [0.3, 0.4) is 0 Å². The Morgan fingerprint density at radius 1 is 0.966 bits per heavy atom. The first kappa shape index (κ1) is 20.8. The minimum absolute atomic E-state index is 0.0433. The highest BCUT2D eigenvalue weighted by molar-refractivity contribution is 7.89. The van der Waals surface area contributed by atoms with Crippen LogP contribution >= 0.6 is 0 Å². The second-order valence-corrected chi connectivity index (χ2v) is 8.57. The molecule has 8 nitrogen and oxygen atoms in total. The Bertz CT molecular complexity index is 1030. The number of anilines is 1. The van der Waals surface area contributed by atoms with Crippen LogP contribution in [-0.2, 0) is 26.2 Å². The van der Waals surface area contributed by atoms with Crippen LogP contribution in [0.4, 0.5) is 5.69 Å². The van der Waals surface area contributed by atoms with Crippen molar-refractivity contribution in [3.8, 4) is 11.5 Å². The Morgan fingerprint density at radius 3 is 2.21 bits per heavy atom. The van der Waals surface area contributed by atoms with Crippen molar-refractivity contribution in [3.05, 3.63) is 48.0 Å². The van der Waals surface area contributed by atoms with E-state index < -0.39 is 10.0 Å². The van der Waals surface area contributed by atoms with Crippen LogP contribution in [0, 0.1) is 0 Å². The van der Waals surface area contributed by atoms with E-state index in [1.165, 1.54) is 43.8 Å². The Balaban J connectivity index is 1.97. The normalized spacial score (nSPS) is 14.6. The zero-order chi connectivity index (χ0) is 21.2. The number of imide groups is 1. The van der Waals surface area contributed by atoms with Crippen LogP contribution in [0.2, 0.25) is 0 Å². The van der Waals surface area contributed by atoms with E-state index in [4.69, 9.17) is 9.47 Å². The van der Waals surface area contributed by atoms with Gasteiger partial charge in [-0.25, -0.2) is 13.3 Å². The molecule has 2 amide bonds. The van der Waals surface area contributed by atoms with E-state index in [1.54, 1.807) is 24.3 Å². The summed E-state index contributed by atoms with van der Waals surface area (Å²) in [5.74, 6) is 0.0635. The van der Waals surface area contributed by atoms with Gasteiger partial charge in [0, 0.05) is 32.0 Å². The molecule has 29 heavy (non-hydrogen) atoms. The lowest BCUT2D eigenvalue weighted by atomic mass is 10.2. The Hall–Kier alpha value is -2.91. The molecule has 0 atom stereocenters.